The third kappa shape index (κ3) is 2.45. The van der Waals surface area contributed by atoms with Gasteiger partial charge in [-0.2, -0.15) is 0 Å². The van der Waals surface area contributed by atoms with Crippen molar-refractivity contribution in [3.8, 4) is 5.88 Å². The number of pyridine rings is 1. The molecule has 25 heavy (non-hydrogen) atoms. The van der Waals surface area contributed by atoms with Gasteiger partial charge in [0.15, 0.2) is 5.84 Å². The number of hydrogen-bond donors (Lipinski definition) is 1. The molecule has 0 radical (unpaired) electrons. The lowest BCUT2D eigenvalue weighted by atomic mass is 9.96. The van der Waals surface area contributed by atoms with Gasteiger partial charge in [-0.1, -0.05) is 6.07 Å². The van der Waals surface area contributed by atoms with Crippen molar-refractivity contribution in [2.45, 2.75) is 31.9 Å². The summed E-state index contributed by atoms with van der Waals surface area (Å²) in [4.78, 5) is 9.00. The topological polar surface area (TPSA) is 64.3 Å². The number of rotatable bonds is 3. The molecule has 0 bridgehead atoms. The van der Waals surface area contributed by atoms with E-state index in [2.05, 4.69) is 38.6 Å². The van der Waals surface area contributed by atoms with E-state index in [0.717, 1.165) is 52.4 Å². The van der Waals surface area contributed by atoms with Crippen molar-refractivity contribution < 1.29 is 4.74 Å². The summed E-state index contributed by atoms with van der Waals surface area (Å²) in [6, 6.07) is 10.2. The average molecular weight is 333 g/mol. The number of aryl methyl sites for hydroxylation is 1. The van der Waals surface area contributed by atoms with Crippen molar-refractivity contribution in [1.29, 1.82) is 0 Å². The molecule has 1 aromatic carbocycles. The Kier molecular flexibility index (Phi) is 3.23. The zero-order valence-electron chi connectivity index (χ0n) is 14.1. The maximum Gasteiger partial charge on any atom is 0.241 e. The lowest BCUT2D eigenvalue weighted by molar-refractivity contribution is 0.115. The van der Waals surface area contributed by atoms with Crippen molar-refractivity contribution in [3.63, 3.8) is 0 Å². The fourth-order valence-electron chi connectivity index (χ4n) is 3.29. The van der Waals surface area contributed by atoms with E-state index in [1.54, 1.807) is 6.20 Å². The zero-order chi connectivity index (χ0) is 16.8. The molecule has 0 spiro atoms. The number of ether oxygens (including phenoxy) is 1. The molecule has 6 heteroatoms. The molecule has 0 saturated heterocycles. The van der Waals surface area contributed by atoms with Crippen LogP contribution in [0, 0.1) is 0 Å². The molecule has 1 N–H and O–H groups in total. The van der Waals surface area contributed by atoms with E-state index in [4.69, 9.17) is 4.74 Å². The first-order valence-corrected chi connectivity index (χ1v) is 8.67. The number of aromatic nitrogens is 3. The van der Waals surface area contributed by atoms with Gasteiger partial charge in [0.1, 0.15) is 11.8 Å². The molecular weight excluding hydrogens is 314 g/mol. The summed E-state index contributed by atoms with van der Waals surface area (Å²) in [6.45, 7) is 0.679. The third-order valence-corrected chi connectivity index (χ3v) is 4.93. The maximum atomic E-state index is 6.02. The van der Waals surface area contributed by atoms with E-state index in [-0.39, 0.29) is 0 Å². The predicted molar refractivity (Wildman–Crippen MR) is 97.1 cm³/mol. The van der Waals surface area contributed by atoms with Gasteiger partial charge in [-0.3, -0.25) is 14.7 Å². The Morgan fingerprint density at radius 2 is 2.16 bits per heavy atom. The summed E-state index contributed by atoms with van der Waals surface area (Å²) in [5, 5.41) is 8.99. The first-order valence-electron chi connectivity index (χ1n) is 8.67. The van der Waals surface area contributed by atoms with Crippen LogP contribution in [-0.4, -0.2) is 26.7 Å². The number of anilines is 1. The van der Waals surface area contributed by atoms with Gasteiger partial charge in [0.2, 0.25) is 5.88 Å². The van der Waals surface area contributed by atoms with Crippen molar-refractivity contribution in [1.82, 2.24) is 14.8 Å². The molecule has 1 fully saturated rings. The van der Waals surface area contributed by atoms with Crippen LogP contribution < -0.4 is 10.1 Å². The fourth-order valence-corrected chi connectivity index (χ4v) is 3.29. The molecule has 6 nitrogen and oxygen atoms in total. The Morgan fingerprint density at radius 1 is 1.24 bits per heavy atom. The average Bonchev–Trinajstić information content (AvgIpc) is 3.13. The minimum Gasteiger partial charge on any atom is -0.473 e. The maximum absolute atomic E-state index is 6.02. The van der Waals surface area contributed by atoms with E-state index in [1.165, 1.54) is 6.42 Å². The van der Waals surface area contributed by atoms with Crippen LogP contribution in [-0.2, 0) is 13.6 Å². The molecule has 2 aliphatic rings. The van der Waals surface area contributed by atoms with E-state index < -0.39 is 0 Å². The molecule has 126 valence electrons. The molecule has 1 saturated carbocycles. The highest BCUT2D eigenvalue weighted by Gasteiger charge is 2.22. The van der Waals surface area contributed by atoms with E-state index in [0.29, 0.717) is 12.6 Å². The van der Waals surface area contributed by atoms with Crippen LogP contribution >= 0.6 is 0 Å². The van der Waals surface area contributed by atoms with Crippen molar-refractivity contribution >= 4 is 22.4 Å². The van der Waals surface area contributed by atoms with Crippen LogP contribution in [0.4, 0.5) is 5.69 Å². The molecule has 2 aromatic heterocycles. The molecule has 0 atom stereocenters. The molecule has 0 unspecified atom stereocenters. The van der Waals surface area contributed by atoms with E-state index >= 15 is 0 Å². The second-order valence-electron chi connectivity index (χ2n) is 6.63. The number of fused-ring (bicyclic) bond motifs is 2. The molecule has 1 aliphatic carbocycles. The van der Waals surface area contributed by atoms with Gasteiger partial charge in [-0.05, 0) is 43.5 Å². The van der Waals surface area contributed by atoms with Crippen molar-refractivity contribution in [2.75, 3.05) is 5.32 Å². The zero-order valence-corrected chi connectivity index (χ0v) is 14.1. The number of amidine groups is 1. The number of nitrogens with one attached hydrogen (secondary N) is 1. The van der Waals surface area contributed by atoms with Crippen LogP contribution in [0.2, 0.25) is 0 Å². The van der Waals surface area contributed by atoms with Gasteiger partial charge in [0.25, 0.3) is 0 Å². The lowest BCUT2D eigenvalue weighted by Gasteiger charge is -2.25. The van der Waals surface area contributed by atoms with Crippen LogP contribution in [0.5, 0.6) is 5.88 Å². The largest absolute Gasteiger partial charge is 0.473 e. The van der Waals surface area contributed by atoms with E-state index in [1.807, 2.05) is 23.9 Å². The standard InChI is InChI=1S/C19H19N5O/c1-24-16-10-13(22-18-17-12(11-21-18)4-3-9-20-17)7-8-15(16)19(23-24)25-14-5-2-6-14/h3-4,7-10,14H,2,5-6,11H2,1H3,(H,21,22). The normalized spacial score (nSPS) is 16.4. The predicted octanol–water partition coefficient (Wildman–Crippen LogP) is 3.27. The highest BCUT2D eigenvalue weighted by atomic mass is 16.5. The van der Waals surface area contributed by atoms with Gasteiger partial charge in [0.05, 0.1) is 17.4 Å². The highest BCUT2D eigenvalue weighted by molar-refractivity contribution is 6.09. The highest BCUT2D eigenvalue weighted by Crippen LogP contribution is 2.31. The smallest absolute Gasteiger partial charge is 0.241 e. The summed E-state index contributed by atoms with van der Waals surface area (Å²) < 4.78 is 7.89. The second kappa shape index (κ2) is 5.58. The summed E-state index contributed by atoms with van der Waals surface area (Å²) >= 11 is 0. The molecule has 3 heterocycles. The molecule has 0 amide bonds. The van der Waals surface area contributed by atoms with Crippen LogP contribution in [0.3, 0.4) is 0 Å². The molecule has 5 rings (SSSR count). The summed E-state index contributed by atoms with van der Waals surface area (Å²) in [5.41, 5.74) is 4.10. The van der Waals surface area contributed by atoms with Crippen LogP contribution in [0.15, 0.2) is 41.5 Å². The SMILES string of the molecule is Cn1nc(OC2CCC2)c2ccc(NC3=NCc4cccnc43)cc21. The molecular formula is C19H19N5O. The first kappa shape index (κ1) is 14.5. The van der Waals surface area contributed by atoms with Gasteiger partial charge in [0, 0.05) is 24.5 Å². The summed E-state index contributed by atoms with van der Waals surface area (Å²) in [6.07, 6.45) is 5.64. The minimum atomic E-state index is 0.325. The third-order valence-electron chi connectivity index (χ3n) is 4.93. The van der Waals surface area contributed by atoms with Crippen LogP contribution in [0.1, 0.15) is 30.5 Å². The van der Waals surface area contributed by atoms with Gasteiger partial charge in [-0.15, -0.1) is 5.10 Å². The lowest BCUT2D eigenvalue weighted by Crippen LogP contribution is -2.24. The number of nitrogens with zero attached hydrogens (tertiary/aromatic N) is 4. The molecule has 3 aromatic rings. The minimum absolute atomic E-state index is 0.325. The van der Waals surface area contributed by atoms with Crippen molar-refractivity contribution in [2.24, 2.45) is 12.0 Å². The quantitative estimate of drug-likeness (QED) is 0.799. The van der Waals surface area contributed by atoms with E-state index in [9.17, 15) is 0 Å². The monoisotopic (exact) mass is 333 g/mol. The van der Waals surface area contributed by atoms with Gasteiger partial charge >= 0.3 is 0 Å². The summed E-state index contributed by atoms with van der Waals surface area (Å²) in [7, 11) is 1.95. The first-order chi connectivity index (χ1) is 12.3. The second-order valence-corrected chi connectivity index (χ2v) is 6.63. The Hall–Kier alpha value is -2.89. The Labute approximate surface area is 145 Å². The summed E-state index contributed by atoms with van der Waals surface area (Å²) in [5.74, 6) is 1.56. The Morgan fingerprint density at radius 3 is 3.00 bits per heavy atom. The Balaban J connectivity index is 1.44. The Bertz CT molecular complexity index is 987. The number of aliphatic imine (C=N–C) groups is 1. The number of benzene rings is 1. The van der Waals surface area contributed by atoms with Crippen molar-refractivity contribution in [3.05, 3.63) is 47.8 Å². The fraction of sp³-hybridized carbons (Fsp3) is 0.316. The van der Waals surface area contributed by atoms with Crippen LogP contribution in [0.25, 0.3) is 10.9 Å². The molecule has 1 aliphatic heterocycles. The van der Waals surface area contributed by atoms with Gasteiger partial charge in [-0.25, -0.2) is 0 Å². The van der Waals surface area contributed by atoms with Gasteiger partial charge < -0.3 is 10.1 Å². The number of hydrogen-bond acceptors (Lipinski definition) is 5.